The average molecular weight is 384 g/mol. The van der Waals surface area contributed by atoms with Crippen molar-refractivity contribution in [2.24, 2.45) is 0 Å². The number of ether oxygens (including phenoxy) is 2. The Bertz CT molecular complexity index is 886. The van der Waals surface area contributed by atoms with Gasteiger partial charge in [0, 0.05) is 0 Å². The van der Waals surface area contributed by atoms with E-state index in [1.807, 2.05) is 19.9 Å². The fourth-order valence-electron chi connectivity index (χ4n) is 3.02. The number of anilines is 3. The lowest BCUT2D eigenvalue weighted by molar-refractivity contribution is -0.129. The number of benzene rings is 1. The van der Waals surface area contributed by atoms with Gasteiger partial charge in [-0.05, 0) is 44.5 Å². The molecular formula is C20H24N4O4. The predicted molar refractivity (Wildman–Crippen MR) is 107 cm³/mol. The van der Waals surface area contributed by atoms with E-state index in [9.17, 15) is 9.59 Å². The van der Waals surface area contributed by atoms with Crippen molar-refractivity contribution in [3.05, 3.63) is 36.4 Å². The SMILES string of the molecule is CCOc1ccccc1NC(=O)C(C)N1C(=O)C(CC)Oc2ccc(N)nc21. The Balaban J connectivity index is 1.90. The molecule has 1 aromatic heterocycles. The molecule has 1 aromatic carbocycles. The highest BCUT2D eigenvalue weighted by molar-refractivity contribution is 6.07. The number of hydrogen-bond donors (Lipinski definition) is 2. The molecule has 2 aromatic rings. The molecule has 2 unspecified atom stereocenters. The Morgan fingerprint density at radius 3 is 2.79 bits per heavy atom. The molecular weight excluding hydrogens is 360 g/mol. The van der Waals surface area contributed by atoms with Crippen molar-refractivity contribution in [1.29, 1.82) is 0 Å². The maximum atomic E-state index is 12.9. The number of fused-ring (bicyclic) bond motifs is 1. The second-order valence-corrected chi connectivity index (χ2v) is 6.38. The largest absolute Gasteiger partial charge is 0.492 e. The maximum Gasteiger partial charge on any atom is 0.270 e. The number of nitrogen functional groups attached to an aromatic ring is 1. The summed E-state index contributed by atoms with van der Waals surface area (Å²) in [7, 11) is 0. The van der Waals surface area contributed by atoms with Crippen molar-refractivity contribution in [1.82, 2.24) is 4.98 Å². The molecule has 0 saturated heterocycles. The summed E-state index contributed by atoms with van der Waals surface area (Å²) in [5.41, 5.74) is 6.32. The van der Waals surface area contributed by atoms with Gasteiger partial charge < -0.3 is 20.5 Å². The summed E-state index contributed by atoms with van der Waals surface area (Å²) in [5, 5.41) is 2.83. The lowest BCUT2D eigenvalue weighted by Crippen LogP contribution is -2.53. The lowest BCUT2D eigenvalue weighted by Gasteiger charge is -2.36. The molecule has 0 saturated carbocycles. The van der Waals surface area contributed by atoms with E-state index in [0.717, 1.165) is 0 Å². The van der Waals surface area contributed by atoms with Gasteiger partial charge in [-0.3, -0.25) is 14.5 Å². The Morgan fingerprint density at radius 2 is 2.07 bits per heavy atom. The van der Waals surface area contributed by atoms with Gasteiger partial charge in [0.25, 0.3) is 5.91 Å². The fourth-order valence-corrected chi connectivity index (χ4v) is 3.02. The third-order valence-electron chi connectivity index (χ3n) is 4.45. The van der Waals surface area contributed by atoms with E-state index in [0.29, 0.717) is 30.2 Å². The minimum Gasteiger partial charge on any atom is -0.492 e. The Hall–Kier alpha value is -3.29. The maximum absolute atomic E-state index is 12.9. The zero-order valence-corrected chi connectivity index (χ0v) is 16.1. The van der Waals surface area contributed by atoms with E-state index < -0.39 is 12.1 Å². The molecule has 2 amide bonds. The van der Waals surface area contributed by atoms with Crippen molar-refractivity contribution >= 4 is 29.1 Å². The summed E-state index contributed by atoms with van der Waals surface area (Å²) in [6.45, 7) is 5.83. The first-order valence-corrected chi connectivity index (χ1v) is 9.25. The van der Waals surface area contributed by atoms with Crippen molar-refractivity contribution in [3.8, 4) is 11.5 Å². The van der Waals surface area contributed by atoms with Crippen LogP contribution < -0.4 is 25.4 Å². The monoisotopic (exact) mass is 384 g/mol. The molecule has 1 aliphatic heterocycles. The van der Waals surface area contributed by atoms with Crippen LogP contribution in [-0.2, 0) is 9.59 Å². The van der Waals surface area contributed by atoms with E-state index in [1.54, 1.807) is 37.3 Å². The van der Waals surface area contributed by atoms with Crippen LogP contribution in [0, 0.1) is 0 Å². The van der Waals surface area contributed by atoms with Crippen molar-refractivity contribution < 1.29 is 19.1 Å². The van der Waals surface area contributed by atoms with Crippen molar-refractivity contribution in [3.63, 3.8) is 0 Å². The minimum atomic E-state index is -0.826. The highest BCUT2D eigenvalue weighted by Crippen LogP contribution is 2.35. The van der Waals surface area contributed by atoms with Crippen LogP contribution in [0.1, 0.15) is 27.2 Å². The van der Waals surface area contributed by atoms with Crippen LogP contribution in [0.2, 0.25) is 0 Å². The summed E-state index contributed by atoms with van der Waals surface area (Å²) in [4.78, 5) is 31.4. The van der Waals surface area contributed by atoms with Crippen LogP contribution in [0.3, 0.4) is 0 Å². The van der Waals surface area contributed by atoms with Crippen LogP contribution in [-0.4, -0.2) is 35.6 Å². The van der Waals surface area contributed by atoms with E-state index in [2.05, 4.69) is 10.3 Å². The zero-order chi connectivity index (χ0) is 20.3. The van der Waals surface area contributed by atoms with Gasteiger partial charge in [-0.25, -0.2) is 4.98 Å². The Morgan fingerprint density at radius 1 is 1.32 bits per heavy atom. The number of carbonyl (C=O) groups excluding carboxylic acids is 2. The van der Waals surface area contributed by atoms with Crippen LogP contribution in [0.15, 0.2) is 36.4 Å². The number of para-hydroxylation sites is 2. The number of hydrogen-bond acceptors (Lipinski definition) is 6. The number of aromatic nitrogens is 1. The number of nitrogens with zero attached hydrogens (tertiary/aromatic N) is 2. The second kappa shape index (κ2) is 8.16. The predicted octanol–water partition coefficient (Wildman–Crippen LogP) is 2.59. The molecule has 3 N–H and O–H groups in total. The van der Waals surface area contributed by atoms with Gasteiger partial charge in [0.05, 0.1) is 12.3 Å². The molecule has 0 spiro atoms. The van der Waals surface area contributed by atoms with Crippen LogP contribution in [0.5, 0.6) is 11.5 Å². The number of nitrogens with one attached hydrogen (secondary N) is 1. The van der Waals surface area contributed by atoms with Gasteiger partial charge in [-0.2, -0.15) is 0 Å². The Labute approximate surface area is 163 Å². The van der Waals surface area contributed by atoms with E-state index in [1.165, 1.54) is 4.90 Å². The molecule has 0 radical (unpaired) electrons. The van der Waals surface area contributed by atoms with Gasteiger partial charge in [-0.15, -0.1) is 0 Å². The third-order valence-corrected chi connectivity index (χ3v) is 4.45. The standard InChI is InChI=1S/C20H24N4O4/c1-4-14-20(26)24(18-16(28-14)10-11-17(21)23-18)12(3)19(25)22-13-8-6-7-9-15(13)27-5-2/h6-12,14H,4-5H2,1-3H3,(H2,21,23)(H,22,25). The molecule has 8 heteroatoms. The molecule has 8 nitrogen and oxygen atoms in total. The average Bonchev–Trinajstić information content (AvgIpc) is 2.68. The fraction of sp³-hybridized carbons (Fsp3) is 0.350. The van der Waals surface area contributed by atoms with Crippen molar-refractivity contribution in [2.45, 2.75) is 39.3 Å². The quantitative estimate of drug-likeness (QED) is 0.793. The molecule has 28 heavy (non-hydrogen) atoms. The molecule has 2 atom stereocenters. The molecule has 2 heterocycles. The second-order valence-electron chi connectivity index (χ2n) is 6.38. The summed E-state index contributed by atoms with van der Waals surface area (Å²) < 4.78 is 11.3. The highest BCUT2D eigenvalue weighted by atomic mass is 16.5. The smallest absolute Gasteiger partial charge is 0.270 e. The van der Waals surface area contributed by atoms with E-state index in [-0.39, 0.29) is 23.5 Å². The number of nitrogens with two attached hydrogens (primary N) is 1. The lowest BCUT2D eigenvalue weighted by atomic mass is 10.1. The normalized spacial score (nSPS) is 16.8. The summed E-state index contributed by atoms with van der Waals surface area (Å²) >= 11 is 0. The number of pyridine rings is 1. The first-order chi connectivity index (χ1) is 13.5. The van der Waals surface area contributed by atoms with E-state index >= 15 is 0 Å². The summed E-state index contributed by atoms with van der Waals surface area (Å²) in [5.74, 6) is 0.782. The minimum absolute atomic E-state index is 0.240. The molecule has 0 aliphatic carbocycles. The van der Waals surface area contributed by atoms with Gasteiger partial charge in [-0.1, -0.05) is 19.1 Å². The summed E-state index contributed by atoms with van der Waals surface area (Å²) in [6.07, 6.45) is -0.204. The molecule has 0 bridgehead atoms. The topological polar surface area (TPSA) is 107 Å². The van der Waals surface area contributed by atoms with E-state index in [4.69, 9.17) is 15.2 Å². The molecule has 3 rings (SSSR count). The molecule has 1 aliphatic rings. The zero-order valence-electron chi connectivity index (χ0n) is 16.1. The molecule has 0 fully saturated rings. The van der Waals surface area contributed by atoms with Gasteiger partial charge >= 0.3 is 0 Å². The number of carbonyl (C=O) groups is 2. The van der Waals surface area contributed by atoms with Crippen LogP contribution >= 0.6 is 0 Å². The molecule has 148 valence electrons. The third kappa shape index (κ3) is 3.71. The number of amides is 2. The summed E-state index contributed by atoms with van der Waals surface area (Å²) in [6, 6.07) is 9.58. The highest BCUT2D eigenvalue weighted by Gasteiger charge is 2.39. The van der Waals surface area contributed by atoms with Gasteiger partial charge in [0.2, 0.25) is 5.91 Å². The van der Waals surface area contributed by atoms with Gasteiger partial charge in [0.1, 0.15) is 17.6 Å². The van der Waals surface area contributed by atoms with Crippen LogP contribution in [0.4, 0.5) is 17.3 Å². The number of rotatable bonds is 6. The van der Waals surface area contributed by atoms with Crippen LogP contribution in [0.25, 0.3) is 0 Å². The van der Waals surface area contributed by atoms with Gasteiger partial charge in [0.15, 0.2) is 17.7 Å². The first kappa shape index (κ1) is 19.5. The van der Waals surface area contributed by atoms with Crippen molar-refractivity contribution in [2.75, 3.05) is 22.6 Å². The Kier molecular flexibility index (Phi) is 5.67. The first-order valence-electron chi connectivity index (χ1n) is 9.25.